The normalized spacial score (nSPS) is 24.3. The SMILES string of the molecule is CC(C)(C)[Si](C)(C)O[C@@H]1[C@H](O[Si](C)(C)C(C)(C)C)[C@@H](COS(=O)(=O)NC(=O)C2CCCC2)O[C@H]1n1cnc2c(N)ncnc21. The summed E-state index contributed by atoms with van der Waals surface area (Å²) in [6.45, 7) is 21.0. The van der Waals surface area contributed by atoms with Crippen LogP contribution in [0.3, 0.4) is 0 Å². The Balaban J connectivity index is 1.73. The monoisotopic (exact) mass is 670 g/mol. The topological polar surface area (TPSA) is 170 Å². The van der Waals surface area contributed by atoms with Gasteiger partial charge in [0.2, 0.25) is 5.91 Å². The molecule has 248 valence electrons. The highest BCUT2D eigenvalue weighted by Gasteiger charge is 2.55. The molecule has 2 aromatic rings. The number of imidazole rings is 1. The molecule has 3 heterocycles. The number of ether oxygens (including phenoxy) is 1. The van der Waals surface area contributed by atoms with E-state index in [0.29, 0.717) is 24.0 Å². The Morgan fingerprint density at radius 2 is 1.57 bits per heavy atom. The van der Waals surface area contributed by atoms with Gasteiger partial charge < -0.3 is 19.3 Å². The fraction of sp³-hybridized carbons (Fsp3) is 0.786. The largest absolute Gasteiger partial charge is 0.408 e. The number of hydrogen-bond acceptors (Lipinski definition) is 11. The second-order valence-electron chi connectivity index (χ2n) is 15.0. The zero-order valence-electron chi connectivity index (χ0n) is 27.7. The van der Waals surface area contributed by atoms with Crippen molar-refractivity contribution in [2.75, 3.05) is 12.3 Å². The van der Waals surface area contributed by atoms with Crippen LogP contribution >= 0.6 is 0 Å². The summed E-state index contributed by atoms with van der Waals surface area (Å²) in [6.07, 6.45) is 3.05. The molecule has 44 heavy (non-hydrogen) atoms. The Morgan fingerprint density at radius 1 is 1.00 bits per heavy atom. The van der Waals surface area contributed by atoms with Crippen LogP contribution in [0.15, 0.2) is 12.7 Å². The van der Waals surface area contributed by atoms with E-state index in [2.05, 4.69) is 87.4 Å². The number of nitrogens with two attached hydrogens (primary N) is 1. The van der Waals surface area contributed by atoms with Crippen molar-refractivity contribution >= 4 is 49.8 Å². The maximum absolute atomic E-state index is 13.0. The molecular formula is C28H50N6O7SSi2. The van der Waals surface area contributed by atoms with Gasteiger partial charge in [0, 0.05) is 5.92 Å². The Kier molecular flexibility index (Phi) is 9.79. The first kappa shape index (κ1) is 34.9. The van der Waals surface area contributed by atoms with Gasteiger partial charge in [-0.1, -0.05) is 54.4 Å². The molecule has 2 aromatic heterocycles. The summed E-state index contributed by atoms with van der Waals surface area (Å²) in [5.41, 5.74) is 6.97. The fourth-order valence-corrected chi connectivity index (χ4v) is 8.39. The molecule has 4 atom stereocenters. The molecule has 2 fully saturated rings. The van der Waals surface area contributed by atoms with Crippen molar-refractivity contribution in [1.29, 1.82) is 0 Å². The predicted octanol–water partition coefficient (Wildman–Crippen LogP) is 4.65. The maximum atomic E-state index is 13.0. The average Bonchev–Trinajstić information content (AvgIpc) is 3.62. The van der Waals surface area contributed by atoms with Crippen molar-refractivity contribution in [3.05, 3.63) is 12.7 Å². The van der Waals surface area contributed by atoms with Crippen LogP contribution in [-0.4, -0.2) is 75.4 Å². The maximum Gasteiger partial charge on any atom is 0.362 e. The number of carbonyl (C=O) groups is 1. The molecule has 0 radical (unpaired) electrons. The summed E-state index contributed by atoms with van der Waals surface area (Å²) in [6, 6.07) is 0. The molecule has 0 unspecified atom stereocenters. The zero-order chi connectivity index (χ0) is 32.9. The molecule has 13 nitrogen and oxygen atoms in total. The molecule has 1 saturated heterocycles. The first-order chi connectivity index (χ1) is 20.1. The first-order valence-electron chi connectivity index (χ1n) is 15.3. The van der Waals surface area contributed by atoms with Gasteiger partial charge in [-0.15, -0.1) is 0 Å². The Bertz CT molecular complexity index is 1450. The van der Waals surface area contributed by atoms with Gasteiger partial charge >= 0.3 is 10.3 Å². The first-order valence-corrected chi connectivity index (χ1v) is 22.5. The minimum absolute atomic E-state index is 0.148. The number of rotatable bonds is 10. The van der Waals surface area contributed by atoms with Crippen LogP contribution in [0.25, 0.3) is 11.2 Å². The molecule has 0 bridgehead atoms. The summed E-state index contributed by atoms with van der Waals surface area (Å²) in [5.74, 6) is -0.642. The molecule has 3 N–H and O–H groups in total. The van der Waals surface area contributed by atoms with E-state index in [9.17, 15) is 13.2 Å². The lowest BCUT2D eigenvalue weighted by molar-refractivity contribution is -0.123. The number of nitrogen functional groups attached to an aromatic ring is 1. The summed E-state index contributed by atoms with van der Waals surface area (Å²) in [5, 5.41) is -0.312. The van der Waals surface area contributed by atoms with Crippen LogP contribution in [0.5, 0.6) is 0 Å². The lowest BCUT2D eigenvalue weighted by atomic mass is 10.1. The number of nitrogens with one attached hydrogen (secondary N) is 1. The van der Waals surface area contributed by atoms with Crippen LogP contribution in [0.1, 0.15) is 73.5 Å². The van der Waals surface area contributed by atoms with E-state index < -0.39 is 57.4 Å². The molecule has 4 rings (SSSR count). The number of anilines is 1. The van der Waals surface area contributed by atoms with Crippen molar-refractivity contribution in [3.63, 3.8) is 0 Å². The number of amides is 1. The Labute approximate surface area is 263 Å². The highest BCUT2D eigenvalue weighted by Crippen LogP contribution is 2.46. The second-order valence-corrected chi connectivity index (χ2v) is 25.9. The van der Waals surface area contributed by atoms with Crippen molar-refractivity contribution in [2.24, 2.45) is 5.92 Å². The molecule has 1 amide bonds. The second kappa shape index (κ2) is 12.3. The van der Waals surface area contributed by atoms with E-state index in [4.69, 9.17) is 23.5 Å². The Morgan fingerprint density at radius 3 is 2.14 bits per heavy atom. The van der Waals surface area contributed by atoms with Crippen LogP contribution in [0.4, 0.5) is 5.82 Å². The van der Waals surface area contributed by atoms with Crippen molar-refractivity contribution in [3.8, 4) is 0 Å². The lowest BCUT2D eigenvalue weighted by Crippen LogP contribution is -2.54. The van der Waals surface area contributed by atoms with E-state index >= 15 is 0 Å². The molecule has 1 aliphatic heterocycles. The molecule has 1 saturated carbocycles. The van der Waals surface area contributed by atoms with Gasteiger partial charge in [-0.05, 0) is 49.1 Å². The number of nitrogens with zero attached hydrogens (tertiary/aromatic N) is 4. The minimum atomic E-state index is -4.40. The van der Waals surface area contributed by atoms with Gasteiger partial charge in [0.25, 0.3) is 0 Å². The highest BCUT2D eigenvalue weighted by atomic mass is 32.2. The molecule has 2 aliphatic rings. The van der Waals surface area contributed by atoms with Crippen LogP contribution < -0.4 is 10.5 Å². The highest BCUT2D eigenvalue weighted by molar-refractivity contribution is 7.85. The van der Waals surface area contributed by atoms with Crippen molar-refractivity contribution in [2.45, 2.75) is 128 Å². The smallest absolute Gasteiger partial charge is 0.362 e. The minimum Gasteiger partial charge on any atom is -0.408 e. The van der Waals surface area contributed by atoms with Crippen LogP contribution in [0.2, 0.25) is 36.3 Å². The third-order valence-electron chi connectivity index (χ3n) is 9.76. The van der Waals surface area contributed by atoms with Gasteiger partial charge in [-0.2, -0.15) is 8.42 Å². The third-order valence-corrected chi connectivity index (χ3v) is 19.6. The van der Waals surface area contributed by atoms with Gasteiger partial charge in [0.15, 0.2) is 34.3 Å². The van der Waals surface area contributed by atoms with Gasteiger partial charge in [0.05, 0.1) is 12.9 Å². The summed E-state index contributed by atoms with van der Waals surface area (Å²) < 4.78 is 55.8. The van der Waals surface area contributed by atoms with Crippen LogP contribution in [0, 0.1) is 5.92 Å². The molecular weight excluding hydrogens is 621 g/mol. The summed E-state index contributed by atoms with van der Waals surface area (Å²) >= 11 is 0. The number of fused-ring (bicyclic) bond motifs is 1. The van der Waals surface area contributed by atoms with Crippen LogP contribution in [-0.2, 0) is 32.9 Å². The molecule has 0 aromatic carbocycles. The van der Waals surface area contributed by atoms with E-state index in [1.807, 2.05) is 0 Å². The van der Waals surface area contributed by atoms with Gasteiger partial charge in [-0.25, -0.2) is 19.7 Å². The van der Waals surface area contributed by atoms with Crippen molar-refractivity contribution < 1.29 is 31.0 Å². The van der Waals surface area contributed by atoms with Gasteiger partial charge in [-0.3, -0.25) is 13.5 Å². The van der Waals surface area contributed by atoms with Gasteiger partial charge in [0.1, 0.15) is 30.2 Å². The predicted molar refractivity (Wildman–Crippen MR) is 173 cm³/mol. The van der Waals surface area contributed by atoms with E-state index in [0.717, 1.165) is 12.8 Å². The Hall–Kier alpha value is -1.96. The third kappa shape index (κ3) is 7.36. The standard InChI is InChI=1S/C28H50N6O7SSi2/c1-27(2,3)43(7,8)40-21-19(15-38-42(36,37)33-25(35)18-13-11-12-14-18)39-26(22(21)41-44(9,10)28(4,5)6)34-17-32-20-23(29)30-16-31-24(20)34/h16-19,21-22,26H,11-15H2,1-10H3,(H,33,35)(H2,29,30,31)/t19-,21-,22-,26-/m1/s1. The molecule has 16 heteroatoms. The van der Waals surface area contributed by atoms with E-state index in [-0.39, 0.29) is 28.4 Å². The number of hydrogen-bond donors (Lipinski definition) is 2. The number of carbonyl (C=O) groups excluding carboxylic acids is 1. The molecule has 0 spiro atoms. The quantitative estimate of drug-likeness (QED) is 0.337. The number of aromatic nitrogens is 4. The average molecular weight is 671 g/mol. The summed E-state index contributed by atoms with van der Waals surface area (Å²) in [7, 11) is -9.31. The lowest BCUT2D eigenvalue weighted by Gasteiger charge is -2.44. The zero-order valence-corrected chi connectivity index (χ0v) is 30.5. The fourth-order valence-electron chi connectivity index (χ4n) is 5.00. The van der Waals surface area contributed by atoms with E-state index in [1.54, 1.807) is 10.9 Å². The summed E-state index contributed by atoms with van der Waals surface area (Å²) in [4.78, 5) is 25.5. The molecule has 1 aliphatic carbocycles. The van der Waals surface area contributed by atoms with Crippen molar-refractivity contribution in [1.82, 2.24) is 24.2 Å². The van der Waals surface area contributed by atoms with E-state index in [1.165, 1.54) is 6.33 Å².